The molecule has 1 amide bonds. The first kappa shape index (κ1) is 18.6. The number of anilines is 3. The average Bonchev–Trinajstić information content (AvgIpc) is 3.31. The molecule has 4 heterocycles. The maximum atomic E-state index is 12.0. The Hall–Kier alpha value is -2.72. The van der Waals surface area contributed by atoms with Gasteiger partial charge in [-0.1, -0.05) is 0 Å². The fourth-order valence-corrected chi connectivity index (χ4v) is 4.10. The Morgan fingerprint density at radius 1 is 1.36 bits per heavy atom. The molecule has 0 unspecified atom stereocenters. The van der Waals surface area contributed by atoms with Crippen LogP contribution in [0.5, 0.6) is 0 Å². The van der Waals surface area contributed by atoms with Crippen molar-refractivity contribution in [3.63, 3.8) is 0 Å². The number of carbonyl (C=O) groups is 1. The highest BCUT2D eigenvalue weighted by atomic mass is 32.1. The predicted octanol–water partition coefficient (Wildman–Crippen LogP) is 2.09. The van der Waals surface area contributed by atoms with Gasteiger partial charge in [-0.05, 0) is 38.3 Å². The molecule has 1 saturated heterocycles. The number of hydrogen-bond acceptors (Lipinski definition) is 8. The summed E-state index contributed by atoms with van der Waals surface area (Å²) >= 11 is 1.58. The van der Waals surface area contributed by atoms with E-state index in [0.717, 1.165) is 53.5 Å². The van der Waals surface area contributed by atoms with Gasteiger partial charge < -0.3 is 20.9 Å². The van der Waals surface area contributed by atoms with E-state index in [-0.39, 0.29) is 11.9 Å². The monoisotopic (exact) mass is 400 g/mol. The first-order valence-electron chi connectivity index (χ1n) is 9.35. The van der Waals surface area contributed by atoms with Gasteiger partial charge in [0.2, 0.25) is 11.9 Å². The van der Waals surface area contributed by atoms with Crippen LogP contribution in [0.3, 0.4) is 0 Å². The third-order valence-electron chi connectivity index (χ3n) is 4.79. The van der Waals surface area contributed by atoms with Crippen molar-refractivity contribution in [1.82, 2.24) is 30.4 Å². The number of likely N-dealkylation sites (N-methyl/N-ethyl adjacent to an activating group) is 1. The largest absolute Gasteiger partial charge is 0.351 e. The van der Waals surface area contributed by atoms with Gasteiger partial charge in [0.15, 0.2) is 5.82 Å². The number of rotatable bonds is 6. The van der Waals surface area contributed by atoms with E-state index in [1.807, 2.05) is 29.3 Å². The Balaban J connectivity index is 1.46. The summed E-state index contributed by atoms with van der Waals surface area (Å²) in [6, 6.07) is 4.19. The second-order valence-corrected chi connectivity index (χ2v) is 7.82. The minimum absolute atomic E-state index is 0.151. The van der Waals surface area contributed by atoms with Crippen molar-refractivity contribution < 1.29 is 4.79 Å². The Kier molecular flexibility index (Phi) is 5.40. The van der Waals surface area contributed by atoms with Crippen LogP contribution in [0, 0.1) is 6.92 Å². The maximum absolute atomic E-state index is 12.0. The maximum Gasteiger partial charge on any atom is 0.236 e. The van der Waals surface area contributed by atoms with E-state index in [0.29, 0.717) is 12.5 Å². The number of thiophene rings is 1. The molecule has 3 aromatic rings. The molecule has 3 aromatic heterocycles. The summed E-state index contributed by atoms with van der Waals surface area (Å²) < 4.78 is 0. The number of piperidine rings is 1. The van der Waals surface area contributed by atoms with Crippen molar-refractivity contribution in [2.45, 2.75) is 25.8 Å². The molecule has 1 aliphatic rings. The molecule has 4 rings (SSSR count). The number of aromatic nitrogens is 4. The van der Waals surface area contributed by atoms with Crippen LogP contribution in [0.25, 0.3) is 10.2 Å². The molecule has 0 spiro atoms. The normalized spacial score (nSPS) is 15.1. The van der Waals surface area contributed by atoms with Crippen molar-refractivity contribution in [3.05, 3.63) is 23.2 Å². The number of nitrogens with zero attached hydrogens (tertiary/aromatic N) is 4. The fourth-order valence-electron chi connectivity index (χ4n) is 3.34. The van der Waals surface area contributed by atoms with Crippen molar-refractivity contribution in [2.24, 2.45) is 0 Å². The topological polar surface area (TPSA) is 111 Å². The highest BCUT2D eigenvalue weighted by Crippen LogP contribution is 2.29. The third-order valence-corrected chi connectivity index (χ3v) is 5.59. The molecule has 0 atom stereocenters. The van der Waals surface area contributed by atoms with E-state index >= 15 is 0 Å². The number of amides is 1. The molecule has 0 bridgehead atoms. The lowest BCUT2D eigenvalue weighted by Gasteiger charge is -2.32. The van der Waals surface area contributed by atoms with Crippen LogP contribution < -0.4 is 16.0 Å². The van der Waals surface area contributed by atoms with Crippen molar-refractivity contribution in [3.8, 4) is 0 Å². The summed E-state index contributed by atoms with van der Waals surface area (Å²) in [4.78, 5) is 24.2. The zero-order valence-corrected chi connectivity index (χ0v) is 16.8. The number of aryl methyl sites for hydroxylation is 1. The summed E-state index contributed by atoms with van der Waals surface area (Å²) in [6.07, 6.45) is 1.76. The minimum Gasteiger partial charge on any atom is -0.351 e. The van der Waals surface area contributed by atoms with E-state index < -0.39 is 0 Å². The first-order chi connectivity index (χ1) is 13.6. The Bertz CT molecular complexity index is 960. The van der Waals surface area contributed by atoms with Crippen LogP contribution in [0.15, 0.2) is 17.5 Å². The van der Waals surface area contributed by atoms with Crippen LogP contribution in [0.1, 0.15) is 18.5 Å². The van der Waals surface area contributed by atoms with Crippen molar-refractivity contribution in [1.29, 1.82) is 0 Å². The average molecular weight is 401 g/mol. The van der Waals surface area contributed by atoms with Gasteiger partial charge in [-0.2, -0.15) is 10.1 Å². The summed E-state index contributed by atoms with van der Waals surface area (Å²) in [6.45, 7) is 3.84. The number of H-pyrrole nitrogens is 1. The number of fused-ring (bicyclic) bond motifs is 1. The van der Waals surface area contributed by atoms with Crippen LogP contribution in [-0.2, 0) is 4.79 Å². The van der Waals surface area contributed by atoms with Crippen molar-refractivity contribution in [2.75, 3.05) is 37.3 Å². The number of aromatic amines is 1. The molecule has 0 radical (unpaired) electrons. The smallest absolute Gasteiger partial charge is 0.236 e. The van der Waals surface area contributed by atoms with Gasteiger partial charge in [0.1, 0.15) is 10.6 Å². The quantitative estimate of drug-likeness (QED) is 0.501. The molecule has 0 aromatic carbocycles. The summed E-state index contributed by atoms with van der Waals surface area (Å²) in [5.41, 5.74) is 0.982. The number of carbonyl (C=O) groups excluding carboxylic acids is 1. The second kappa shape index (κ2) is 8.11. The van der Waals surface area contributed by atoms with Crippen LogP contribution in [0.2, 0.25) is 0 Å². The van der Waals surface area contributed by atoms with Crippen LogP contribution in [0.4, 0.5) is 17.6 Å². The fraction of sp³-hybridized carbons (Fsp3) is 0.444. The SMILES string of the molecule is CNCC(=O)N1CCC(Nc2nc(Nc3cc(C)[nH]n3)c3ccsc3n2)CC1. The summed E-state index contributed by atoms with van der Waals surface area (Å²) in [5.74, 6) is 2.22. The highest BCUT2D eigenvalue weighted by Gasteiger charge is 2.23. The Morgan fingerprint density at radius 2 is 2.18 bits per heavy atom. The number of nitrogens with one attached hydrogen (secondary N) is 4. The molecular formula is C18H24N8OS. The lowest BCUT2D eigenvalue weighted by atomic mass is 10.1. The Morgan fingerprint density at radius 3 is 2.89 bits per heavy atom. The molecular weight excluding hydrogens is 376 g/mol. The van der Waals surface area contributed by atoms with Gasteiger partial charge in [-0.15, -0.1) is 11.3 Å². The van der Waals surface area contributed by atoms with E-state index in [4.69, 9.17) is 0 Å². The number of hydrogen-bond donors (Lipinski definition) is 4. The lowest BCUT2D eigenvalue weighted by Crippen LogP contribution is -2.45. The van der Waals surface area contributed by atoms with Gasteiger partial charge >= 0.3 is 0 Å². The molecule has 1 fully saturated rings. The van der Waals surface area contributed by atoms with Gasteiger partial charge in [0.25, 0.3) is 0 Å². The summed E-state index contributed by atoms with van der Waals surface area (Å²) in [5, 5.41) is 19.8. The lowest BCUT2D eigenvalue weighted by molar-refractivity contribution is -0.131. The molecule has 9 nitrogen and oxygen atoms in total. The van der Waals surface area contributed by atoms with E-state index in [2.05, 4.69) is 36.1 Å². The van der Waals surface area contributed by atoms with Crippen LogP contribution in [-0.4, -0.2) is 63.7 Å². The second-order valence-electron chi connectivity index (χ2n) is 6.93. The standard InChI is InChI=1S/C18H24N8OS/c1-11-9-14(25-24-11)21-16-13-5-8-28-17(13)23-18(22-16)20-12-3-6-26(7-4-12)15(27)10-19-2/h5,8-9,12,19H,3-4,6-7,10H2,1-2H3,(H3,20,21,22,23,24,25). The van der Waals surface area contributed by atoms with Gasteiger partial charge in [-0.25, -0.2) is 4.98 Å². The molecule has 0 aliphatic carbocycles. The van der Waals surface area contributed by atoms with Crippen LogP contribution >= 0.6 is 11.3 Å². The molecule has 1 aliphatic heterocycles. The Labute approximate surface area is 166 Å². The van der Waals surface area contributed by atoms with Gasteiger partial charge in [0, 0.05) is 30.9 Å². The van der Waals surface area contributed by atoms with Gasteiger partial charge in [0.05, 0.1) is 11.9 Å². The van der Waals surface area contributed by atoms with Gasteiger partial charge in [-0.3, -0.25) is 9.89 Å². The molecule has 10 heteroatoms. The van der Waals surface area contributed by atoms with Crippen molar-refractivity contribution >= 4 is 45.0 Å². The van der Waals surface area contributed by atoms with E-state index in [1.54, 1.807) is 18.4 Å². The highest BCUT2D eigenvalue weighted by molar-refractivity contribution is 7.16. The molecule has 4 N–H and O–H groups in total. The third kappa shape index (κ3) is 4.07. The predicted molar refractivity (Wildman–Crippen MR) is 111 cm³/mol. The summed E-state index contributed by atoms with van der Waals surface area (Å²) in [7, 11) is 1.79. The molecule has 148 valence electrons. The van der Waals surface area contributed by atoms with E-state index in [9.17, 15) is 4.79 Å². The molecule has 28 heavy (non-hydrogen) atoms. The zero-order valence-electron chi connectivity index (χ0n) is 16.0. The minimum atomic E-state index is 0.151. The molecule has 0 saturated carbocycles. The first-order valence-corrected chi connectivity index (χ1v) is 10.2. The number of likely N-dealkylation sites (tertiary alicyclic amines) is 1. The van der Waals surface area contributed by atoms with E-state index in [1.165, 1.54) is 0 Å². The zero-order chi connectivity index (χ0) is 19.5.